The zero-order valence-electron chi connectivity index (χ0n) is 12.9. The summed E-state index contributed by atoms with van der Waals surface area (Å²) in [4.78, 5) is 19.5. The van der Waals surface area contributed by atoms with Gasteiger partial charge in [-0.15, -0.1) is 0 Å². The van der Waals surface area contributed by atoms with Crippen molar-refractivity contribution in [1.82, 2.24) is 15.3 Å². The monoisotopic (exact) mass is 303 g/mol. The Hall–Kier alpha value is -1.92. The first-order valence-electron chi connectivity index (χ1n) is 7.57. The van der Waals surface area contributed by atoms with Crippen molar-refractivity contribution in [2.75, 3.05) is 19.8 Å². The lowest BCUT2D eigenvalue weighted by Crippen LogP contribution is -2.34. The molecule has 1 aliphatic heterocycles. The van der Waals surface area contributed by atoms with E-state index >= 15 is 0 Å². The Morgan fingerprint density at radius 1 is 1.41 bits per heavy atom. The summed E-state index contributed by atoms with van der Waals surface area (Å²) < 4.78 is 11.2. The molecular weight excluding hydrogens is 282 g/mol. The summed E-state index contributed by atoms with van der Waals surface area (Å²) in [6.45, 7) is 5.83. The van der Waals surface area contributed by atoms with Crippen LogP contribution in [0.3, 0.4) is 0 Å². The number of rotatable bonds is 5. The number of para-hydroxylation sites is 2. The van der Waals surface area contributed by atoms with E-state index in [0.29, 0.717) is 25.6 Å². The number of carbonyl (C=O) groups excluding carboxylic acids is 1. The van der Waals surface area contributed by atoms with E-state index in [0.717, 1.165) is 17.5 Å². The number of hydrogen-bond donors (Lipinski definition) is 2. The van der Waals surface area contributed by atoms with E-state index in [1.54, 1.807) is 0 Å². The third-order valence-electron chi connectivity index (χ3n) is 3.83. The summed E-state index contributed by atoms with van der Waals surface area (Å²) in [5, 5.41) is 2.91. The molecule has 22 heavy (non-hydrogen) atoms. The maximum atomic E-state index is 12.2. The molecule has 1 saturated heterocycles. The van der Waals surface area contributed by atoms with Gasteiger partial charge in [0.05, 0.1) is 24.2 Å². The summed E-state index contributed by atoms with van der Waals surface area (Å²) in [7, 11) is 0. The number of nitrogens with zero attached hydrogens (tertiary/aromatic N) is 1. The van der Waals surface area contributed by atoms with Crippen LogP contribution in [0.5, 0.6) is 0 Å². The topological polar surface area (TPSA) is 76.2 Å². The zero-order chi connectivity index (χ0) is 15.6. The van der Waals surface area contributed by atoms with Gasteiger partial charge in [-0.2, -0.15) is 0 Å². The van der Waals surface area contributed by atoms with E-state index < -0.39 is 5.79 Å². The molecule has 118 valence electrons. The molecule has 1 aliphatic rings. The highest BCUT2D eigenvalue weighted by Crippen LogP contribution is 2.26. The Morgan fingerprint density at radius 3 is 2.86 bits per heavy atom. The quantitative estimate of drug-likeness (QED) is 0.886. The fourth-order valence-electron chi connectivity index (χ4n) is 2.79. The number of amides is 1. The number of imidazole rings is 1. The van der Waals surface area contributed by atoms with Crippen LogP contribution in [-0.2, 0) is 9.47 Å². The van der Waals surface area contributed by atoms with Crippen LogP contribution < -0.4 is 5.32 Å². The molecule has 0 saturated carbocycles. The summed E-state index contributed by atoms with van der Waals surface area (Å²) in [5.74, 6) is -0.130. The van der Waals surface area contributed by atoms with Gasteiger partial charge in [0.15, 0.2) is 11.6 Å². The highest BCUT2D eigenvalue weighted by atomic mass is 16.7. The normalized spacial score (nSPS) is 18.5. The molecule has 6 nitrogen and oxygen atoms in total. The van der Waals surface area contributed by atoms with Gasteiger partial charge in [0, 0.05) is 13.0 Å². The first kappa shape index (κ1) is 15.0. The molecule has 1 aromatic heterocycles. The first-order chi connectivity index (χ1) is 10.6. The fraction of sp³-hybridized carbons (Fsp3) is 0.500. The second-order valence-electron chi connectivity index (χ2n) is 5.95. The van der Waals surface area contributed by atoms with Crippen LogP contribution in [0.4, 0.5) is 0 Å². The van der Waals surface area contributed by atoms with Crippen molar-refractivity contribution >= 4 is 16.9 Å². The van der Waals surface area contributed by atoms with Crippen LogP contribution in [0.15, 0.2) is 24.3 Å². The van der Waals surface area contributed by atoms with Crippen molar-refractivity contribution < 1.29 is 14.3 Å². The van der Waals surface area contributed by atoms with Crippen molar-refractivity contribution in [3.8, 4) is 0 Å². The van der Waals surface area contributed by atoms with E-state index in [1.807, 2.05) is 31.2 Å². The minimum atomic E-state index is -0.524. The van der Waals surface area contributed by atoms with E-state index in [4.69, 9.17) is 9.47 Å². The number of carbonyl (C=O) groups is 1. The van der Waals surface area contributed by atoms with Crippen LogP contribution in [0, 0.1) is 5.92 Å². The molecule has 6 heteroatoms. The van der Waals surface area contributed by atoms with Gasteiger partial charge in [-0.3, -0.25) is 4.79 Å². The number of H-pyrrole nitrogens is 1. The van der Waals surface area contributed by atoms with E-state index in [2.05, 4.69) is 22.2 Å². The molecule has 0 aliphatic carbocycles. The Balaban J connectivity index is 1.55. The molecule has 0 bridgehead atoms. The van der Waals surface area contributed by atoms with Gasteiger partial charge in [-0.1, -0.05) is 19.1 Å². The van der Waals surface area contributed by atoms with Gasteiger partial charge in [-0.25, -0.2) is 4.98 Å². The minimum absolute atomic E-state index is 0.193. The zero-order valence-corrected chi connectivity index (χ0v) is 12.9. The highest BCUT2D eigenvalue weighted by Gasteiger charge is 2.32. The van der Waals surface area contributed by atoms with Gasteiger partial charge >= 0.3 is 0 Å². The van der Waals surface area contributed by atoms with Gasteiger partial charge in [0.2, 0.25) is 0 Å². The Morgan fingerprint density at radius 2 is 2.14 bits per heavy atom. The van der Waals surface area contributed by atoms with Crippen LogP contribution in [0.1, 0.15) is 30.9 Å². The molecule has 0 radical (unpaired) electrons. The van der Waals surface area contributed by atoms with Crippen LogP contribution >= 0.6 is 0 Å². The van der Waals surface area contributed by atoms with Crippen molar-refractivity contribution in [3.05, 3.63) is 30.1 Å². The lowest BCUT2D eigenvalue weighted by atomic mass is 10.0. The van der Waals surface area contributed by atoms with Crippen LogP contribution in [0.25, 0.3) is 11.0 Å². The number of benzene rings is 1. The van der Waals surface area contributed by atoms with Crippen LogP contribution in [0.2, 0.25) is 0 Å². The van der Waals surface area contributed by atoms with E-state index in [-0.39, 0.29) is 11.8 Å². The van der Waals surface area contributed by atoms with Gasteiger partial charge < -0.3 is 19.8 Å². The Labute approximate surface area is 129 Å². The molecule has 1 aromatic carbocycles. The molecular formula is C16H21N3O3. The maximum Gasteiger partial charge on any atom is 0.287 e. The summed E-state index contributed by atoms with van der Waals surface area (Å²) in [6, 6.07) is 7.58. The molecule has 1 atom stereocenters. The predicted octanol–water partition coefficient (Wildman–Crippen LogP) is 2.08. The van der Waals surface area contributed by atoms with E-state index in [9.17, 15) is 4.79 Å². The summed E-state index contributed by atoms with van der Waals surface area (Å²) >= 11 is 0. The third-order valence-corrected chi connectivity index (χ3v) is 3.83. The van der Waals surface area contributed by atoms with Crippen molar-refractivity contribution in [2.24, 2.45) is 5.92 Å². The number of aromatic nitrogens is 2. The summed E-state index contributed by atoms with van der Waals surface area (Å²) in [5.41, 5.74) is 1.65. The second kappa shape index (κ2) is 6.06. The van der Waals surface area contributed by atoms with Crippen molar-refractivity contribution in [2.45, 2.75) is 26.1 Å². The van der Waals surface area contributed by atoms with Gasteiger partial charge in [0.25, 0.3) is 5.91 Å². The molecule has 3 rings (SSSR count). The molecule has 1 amide bonds. The molecule has 2 aromatic rings. The molecule has 2 heterocycles. The minimum Gasteiger partial charge on any atom is -0.349 e. The fourth-order valence-corrected chi connectivity index (χ4v) is 2.79. The van der Waals surface area contributed by atoms with Gasteiger partial charge in [0.1, 0.15) is 0 Å². The van der Waals surface area contributed by atoms with E-state index in [1.165, 1.54) is 0 Å². The summed E-state index contributed by atoms with van der Waals surface area (Å²) in [6.07, 6.45) is 0.743. The second-order valence-corrected chi connectivity index (χ2v) is 5.95. The highest BCUT2D eigenvalue weighted by molar-refractivity contribution is 5.94. The standard InChI is InChI=1S/C16H21N3O3/c1-11(9-16(2)21-7-8-22-16)10-17-15(20)14-18-12-5-3-4-6-13(12)19-14/h3-6,11H,7-10H2,1-2H3,(H,17,20)(H,18,19)/t11-/m1/s1. The Bertz CT molecular complexity index is 628. The maximum absolute atomic E-state index is 12.2. The van der Waals surface area contributed by atoms with Crippen molar-refractivity contribution in [3.63, 3.8) is 0 Å². The third kappa shape index (κ3) is 3.28. The van der Waals surface area contributed by atoms with Gasteiger partial charge in [-0.05, 0) is 25.0 Å². The molecule has 2 N–H and O–H groups in total. The number of hydrogen-bond acceptors (Lipinski definition) is 4. The van der Waals surface area contributed by atoms with Crippen LogP contribution in [-0.4, -0.2) is 41.4 Å². The number of nitrogens with one attached hydrogen (secondary N) is 2. The smallest absolute Gasteiger partial charge is 0.287 e. The number of aromatic amines is 1. The molecule has 0 unspecified atom stereocenters. The average molecular weight is 303 g/mol. The lowest BCUT2D eigenvalue weighted by molar-refractivity contribution is -0.153. The lowest BCUT2D eigenvalue weighted by Gasteiger charge is -2.25. The van der Waals surface area contributed by atoms with Crippen molar-refractivity contribution in [1.29, 1.82) is 0 Å². The first-order valence-corrected chi connectivity index (χ1v) is 7.57. The largest absolute Gasteiger partial charge is 0.349 e. The average Bonchev–Trinajstić information content (AvgIpc) is 3.10. The molecule has 0 spiro atoms. The predicted molar refractivity (Wildman–Crippen MR) is 82.5 cm³/mol. The molecule has 1 fully saturated rings. The number of fused-ring (bicyclic) bond motifs is 1. The SMILES string of the molecule is C[C@@H](CNC(=O)c1nc2ccccc2[nH]1)CC1(C)OCCO1. The number of ether oxygens (including phenoxy) is 2. The Kier molecular flexibility index (Phi) is 4.13.